The van der Waals surface area contributed by atoms with Gasteiger partial charge in [-0.05, 0) is 25.1 Å². The van der Waals surface area contributed by atoms with Gasteiger partial charge in [0.05, 0.1) is 6.61 Å². The summed E-state index contributed by atoms with van der Waals surface area (Å²) in [4.78, 5) is 14.0. The molecule has 1 aliphatic rings. The van der Waals surface area contributed by atoms with Crippen molar-refractivity contribution in [2.45, 2.75) is 19.5 Å². The minimum Gasteiger partial charge on any atom is -0.508 e. The van der Waals surface area contributed by atoms with Crippen LogP contribution in [0.25, 0.3) is 0 Å². The number of hydrogen-bond acceptors (Lipinski definition) is 5. The second-order valence-electron chi connectivity index (χ2n) is 4.72. The molecule has 0 spiro atoms. The van der Waals surface area contributed by atoms with Crippen molar-refractivity contribution in [3.63, 3.8) is 0 Å². The van der Waals surface area contributed by atoms with Crippen molar-refractivity contribution in [3.8, 4) is 5.75 Å². The van der Waals surface area contributed by atoms with E-state index in [1.807, 2.05) is 11.0 Å². The van der Waals surface area contributed by atoms with Crippen LogP contribution in [-0.2, 0) is 16.1 Å². The van der Waals surface area contributed by atoms with E-state index < -0.39 is 0 Å². The third-order valence-electron chi connectivity index (χ3n) is 3.33. The average Bonchev–Trinajstić information content (AvgIpc) is 2.44. The lowest BCUT2D eigenvalue weighted by Crippen LogP contribution is -2.54. The van der Waals surface area contributed by atoms with E-state index in [0.29, 0.717) is 19.7 Å². The largest absolute Gasteiger partial charge is 0.508 e. The highest BCUT2D eigenvalue weighted by atomic mass is 79.9. The highest BCUT2D eigenvalue weighted by Gasteiger charge is 2.30. The number of benzene rings is 1. The maximum Gasteiger partial charge on any atom is 0.324 e. The van der Waals surface area contributed by atoms with Crippen molar-refractivity contribution in [2.75, 3.05) is 26.2 Å². The number of aromatic hydroxyl groups is 1. The standard InChI is InChI=1S/C14H19BrN2O3/c1-2-20-14(19)12-8-16-5-6-17(12)9-10-7-11(15)3-4-13(10)18/h3-4,7,12,16,18H,2,5-6,8-9H2,1H3. The number of nitrogens with zero attached hydrogens (tertiary/aromatic N) is 1. The van der Waals surface area contributed by atoms with E-state index in [2.05, 4.69) is 21.2 Å². The van der Waals surface area contributed by atoms with Gasteiger partial charge in [-0.1, -0.05) is 15.9 Å². The van der Waals surface area contributed by atoms with Crippen LogP contribution in [0.15, 0.2) is 22.7 Å². The lowest BCUT2D eigenvalue weighted by molar-refractivity contribution is -0.150. The Balaban J connectivity index is 2.12. The summed E-state index contributed by atoms with van der Waals surface area (Å²) in [7, 11) is 0. The fourth-order valence-corrected chi connectivity index (χ4v) is 2.71. The Morgan fingerprint density at radius 3 is 3.15 bits per heavy atom. The van der Waals surface area contributed by atoms with Gasteiger partial charge < -0.3 is 15.2 Å². The summed E-state index contributed by atoms with van der Waals surface area (Å²) >= 11 is 3.40. The van der Waals surface area contributed by atoms with Crippen LogP contribution in [0.5, 0.6) is 5.75 Å². The fourth-order valence-electron chi connectivity index (χ4n) is 2.31. The molecule has 2 rings (SSSR count). The highest BCUT2D eigenvalue weighted by Crippen LogP contribution is 2.24. The Morgan fingerprint density at radius 1 is 1.60 bits per heavy atom. The molecule has 0 saturated carbocycles. The number of nitrogens with one attached hydrogen (secondary N) is 1. The molecule has 0 radical (unpaired) electrons. The van der Waals surface area contributed by atoms with Gasteiger partial charge in [0.25, 0.3) is 0 Å². The zero-order valence-electron chi connectivity index (χ0n) is 11.4. The Bertz CT molecular complexity index is 481. The maximum atomic E-state index is 12.0. The number of phenols is 1. The van der Waals surface area contributed by atoms with Gasteiger partial charge in [-0.2, -0.15) is 0 Å². The van der Waals surface area contributed by atoms with Crippen LogP contribution in [0, 0.1) is 0 Å². The Labute approximate surface area is 127 Å². The number of esters is 1. The van der Waals surface area contributed by atoms with Crippen molar-refractivity contribution in [3.05, 3.63) is 28.2 Å². The third-order valence-corrected chi connectivity index (χ3v) is 3.82. The normalized spacial score (nSPS) is 19.8. The molecule has 1 atom stereocenters. The van der Waals surface area contributed by atoms with Gasteiger partial charge in [-0.15, -0.1) is 0 Å². The quantitative estimate of drug-likeness (QED) is 0.812. The first-order chi connectivity index (χ1) is 9.61. The number of hydrogen-bond donors (Lipinski definition) is 2. The molecule has 6 heteroatoms. The molecule has 0 aliphatic carbocycles. The molecule has 1 aliphatic heterocycles. The second kappa shape index (κ2) is 7.06. The lowest BCUT2D eigenvalue weighted by Gasteiger charge is -2.34. The summed E-state index contributed by atoms with van der Waals surface area (Å²) in [5.74, 6) is 0.0310. The van der Waals surface area contributed by atoms with Crippen molar-refractivity contribution in [1.29, 1.82) is 0 Å². The van der Waals surface area contributed by atoms with E-state index in [0.717, 1.165) is 23.1 Å². The maximum absolute atomic E-state index is 12.0. The van der Waals surface area contributed by atoms with Gasteiger partial charge in [0.1, 0.15) is 11.8 Å². The highest BCUT2D eigenvalue weighted by molar-refractivity contribution is 9.10. The molecule has 20 heavy (non-hydrogen) atoms. The van der Waals surface area contributed by atoms with Gasteiger partial charge >= 0.3 is 5.97 Å². The molecule has 1 heterocycles. The molecule has 1 aromatic rings. The Kier molecular flexibility index (Phi) is 5.39. The molecule has 1 unspecified atom stereocenters. The Hall–Kier alpha value is -1.11. The molecule has 2 N–H and O–H groups in total. The number of ether oxygens (including phenoxy) is 1. The van der Waals surface area contributed by atoms with E-state index in [9.17, 15) is 9.90 Å². The lowest BCUT2D eigenvalue weighted by atomic mass is 10.1. The molecular formula is C14H19BrN2O3. The summed E-state index contributed by atoms with van der Waals surface area (Å²) in [6, 6.07) is 5.02. The van der Waals surface area contributed by atoms with Crippen LogP contribution >= 0.6 is 15.9 Å². The number of phenolic OH excluding ortho intramolecular Hbond substituents is 1. The smallest absolute Gasteiger partial charge is 0.324 e. The first kappa shape index (κ1) is 15.3. The average molecular weight is 343 g/mol. The predicted molar refractivity (Wildman–Crippen MR) is 79.5 cm³/mol. The molecule has 1 saturated heterocycles. The monoisotopic (exact) mass is 342 g/mol. The van der Waals surface area contributed by atoms with Crippen LogP contribution in [0.4, 0.5) is 0 Å². The molecule has 0 amide bonds. The van der Waals surface area contributed by atoms with Crippen LogP contribution in [-0.4, -0.2) is 48.3 Å². The summed E-state index contributed by atoms with van der Waals surface area (Å²) in [5, 5.41) is 13.1. The second-order valence-corrected chi connectivity index (χ2v) is 5.63. The molecule has 1 aromatic carbocycles. The number of rotatable bonds is 4. The first-order valence-corrected chi connectivity index (χ1v) is 7.50. The minimum absolute atomic E-state index is 0.214. The summed E-state index contributed by atoms with van der Waals surface area (Å²) in [6.45, 7) is 4.86. The van der Waals surface area contributed by atoms with Crippen molar-refractivity contribution in [1.82, 2.24) is 10.2 Å². The van der Waals surface area contributed by atoms with Gasteiger partial charge in [0, 0.05) is 36.2 Å². The predicted octanol–water partition coefficient (Wildman–Crippen LogP) is 1.49. The SMILES string of the molecule is CCOC(=O)C1CNCCN1Cc1cc(Br)ccc1O. The number of halogens is 1. The minimum atomic E-state index is -0.304. The number of piperazine rings is 1. The van der Waals surface area contributed by atoms with Gasteiger partial charge in [-0.3, -0.25) is 9.69 Å². The van der Waals surface area contributed by atoms with E-state index in [-0.39, 0.29) is 17.8 Å². The van der Waals surface area contributed by atoms with Gasteiger partial charge in [-0.25, -0.2) is 0 Å². The summed E-state index contributed by atoms with van der Waals surface area (Å²) in [6.07, 6.45) is 0. The van der Waals surface area contributed by atoms with Crippen LogP contribution < -0.4 is 5.32 Å². The zero-order valence-corrected chi connectivity index (χ0v) is 13.0. The molecule has 5 nitrogen and oxygen atoms in total. The molecule has 0 aromatic heterocycles. The zero-order chi connectivity index (χ0) is 14.5. The number of carbonyl (C=O) groups excluding carboxylic acids is 1. The van der Waals surface area contributed by atoms with Crippen LogP contribution in [0.1, 0.15) is 12.5 Å². The van der Waals surface area contributed by atoms with Gasteiger partial charge in [0.2, 0.25) is 0 Å². The first-order valence-electron chi connectivity index (χ1n) is 6.70. The number of carbonyl (C=O) groups is 1. The van der Waals surface area contributed by atoms with Crippen molar-refractivity contribution >= 4 is 21.9 Å². The molecule has 110 valence electrons. The van der Waals surface area contributed by atoms with Crippen LogP contribution in [0.2, 0.25) is 0 Å². The van der Waals surface area contributed by atoms with E-state index in [1.165, 1.54) is 0 Å². The van der Waals surface area contributed by atoms with Crippen molar-refractivity contribution in [2.24, 2.45) is 0 Å². The Morgan fingerprint density at radius 2 is 2.40 bits per heavy atom. The van der Waals surface area contributed by atoms with E-state index in [4.69, 9.17) is 4.74 Å². The van der Waals surface area contributed by atoms with Crippen LogP contribution in [0.3, 0.4) is 0 Å². The fraction of sp³-hybridized carbons (Fsp3) is 0.500. The van der Waals surface area contributed by atoms with E-state index >= 15 is 0 Å². The molecule has 1 fully saturated rings. The topological polar surface area (TPSA) is 61.8 Å². The van der Waals surface area contributed by atoms with E-state index in [1.54, 1.807) is 19.1 Å². The van der Waals surface area contributed by atoms with Gasteiger partial charge in [0.15, 0.2) is 0 Å². The molecular weight excluding hydrogens is 324 g/mol. The van der Waals surface area contributed by atoms with Crippen molar-refractivity contribution < 1.29 is 14.6 Å². The third kappa shape index (κ3) is 3.71. The summed E-state index contributed by atoms with van der Waals surface area (Å²) in [5.41, 5.74) is 0.801. The summed E-state index contributed by atoms with van der Waals surface area (Å²) < 4.78 is 6.02. The molecule has 0 bridgehead atoms.